The van der Waals surface area contributed by atoms with Crippen molar-refractivity contribution in [1.82, 2.24) is 9.55 Å². The van der Waals surface area contributed by atoms with Gasteiger partial charge in [-0.05, 0) is 19.3 Å². The fourth-order valence-corrected chi connectivity index (χ4v) is 2.02. The molecule has 2 heterocycles. The molecule has 2 rings (SSSR count). The molecule has 0 aliphatic carbocycles. The first-order chi connectivity index (χ1) is 6.33. The molecule has 3 nitrogen and oxygen atoms in total. The van der Waals surface area contributed by atoms with Crippen LogP contribution in [0.25, 0.3) is 0 Å². The van der Waals surface area contributed by atoms with Gasteiger partial charge in [0.25, 0.3) is 0 Å². The van der Waals surface area contributed by atoms with Crippen LogP contribution >= 0.6 is 0 Å². The Labute approximate surface area is 79.0 Å². The van der Waals surface area contributed by atoms with E-state index in [4.69, 9.17) is 5.73 Å². The molecule has 0 fully saturated rings. The molecule has 1 aromatic rings. The lowest BCUT2D eigenvalue weighted by atomic mass is 10.1. The minimum Gasteiger partial charge on any atom is -0.331 e. The molecular weight excluding hydrogens is 162 g/mol. The van der Waals surface area contributed by atoms with Crippen molar-refractivity contribution in [2.45, 2.75) is 45.2 Å². The van der Waals surface area contributed by atoms with Gasteiger partial charge < -0.3 is 10.3 Å². The van der Waals surface area contributed by atoms with Crippen LogP contribution in [-0.2, 0) is 13.0 Å². The van der Waals surface area contributed by atoms with E-state index in [0.717, 1.165) is 25.8 Å². The number of fused-ring (bicyclic) bond motifs is 1. The quantitative estimate of drug-likeness (QED) is 0.750. The summed E-state index contributed by atoms with van der Waals surface area (Å²) in [5, 5.41) is 0. The zero-order valence-electron chi connectivity index (χ0n) is 8.16. The van der Waals surface area contributed by atoms with E-state index < -0.39 is 0 Å². The Morgan fingerprint density at radius 2 is 2.54 bits per heavy atom. The van der Waals surface area contributed by atoms with Crippen LogP contribution in [0.5, 0.6) is 0 Å². The third-order valence-corrected chi connectivity index (χ3v) is 2.72. The van der Waals surface area contributed by atoms with E-state index in [1.54, 1.807) is 0 Å². The van der Waals surface area contributed by atoms with Gasteiger partial charge in [0.2, 0.25) is 0 Å². The highest BCUT2D eigenvalue weighted by molar-refractivity contribution is 5.12. The normalized spacial score (nSPS) is 21.5. The number of nitrogens with two attached hydrogens (primary N) is 1. The van der Waals surface area contributed by atoms with E-state index >= 15 is 0 Å². The highest BCUT2D eigenvalue weighted by Gasteiger charge is 2.19. The van der Waals surface area contributed by atoms with Gasteiger partial charge in [-0.25, -0.2) is 4.98 Å². The summed E-state index contributed by atoms with van der Waals surface area (Å²) in [6.07, 6.45) is 6.49. The second-order valence-electron chi connectivity index (χ2n) is 3.75. The first-order valence-corrected chi connectivity index (χ1v) is 5.12. The predicted molar refractivity (Wildman–Crippen MR) is 52.4 cm³/mol. The summed E-state index contributed by atoms with van der Waals surface area (Å²) in [6.45, 7) is 3.29. The van der Waals surface area contributed by atoms with Crippen LogP contribution in [0.4, 0.5) is 0 Å². The van der Waals surface area contributed by atoms with Crippen molar-refractivity contribution in [2.24, 2.45) is 5.73 Å². The summed E-state index contributed by atoms with van der Waals surface area (Å²) in [6, 6.07) is 0.215. The van der Waals surface area contributed by atoms with Gasteiger partial charge in [0.05, 0.1) is 11.9 Å². The number of imidazole rings is 1. The summed E-state index contributed by atoms with van der Waals surface area (Å²) in [5.41, 5.74) is 7.23. The maximum absolute atomic E-state index is 6.00. The summed E-state index contributed by atoms with van der Waals surface area (Å²) in [5.74, 6) is 1.22. The topological polar surface area (TPSA) is 43.8 Å². The lowest BCUT2D eigenvalue weighted by Gasteiger charge is -2.21. The molecule has 0 aromatic carbocycles. The van der Waals surface area contributed by atoms with E-state index in [9.17, 15) is 0 Å². The number of rotatable bonds is 2. The summed E-state index contributed by atoms with van der Waals surface area (Å²) in [7, 11) is 0. The number of aryl methyl sites for hydroxylation is 1. The standard InChI is InChI=1S/C10H17N3/c1-2-4-10-12-7-9-8(11)5-3-6-13(9)10/h7-8H,2-6,11H2,1H3. The summed E-state index contributed by atoms with van der Waals surface area (Å²) in [4.78, 5) is 4.42. The Hall–Kier alpha value is -0.830. The lowest BCUT2D eigenvalue weighted by molar-refractivity contribution is 0.451. The second kappa shape index (κ2) is 3.50. The molecule has 1 aliphatic rings. The molecule has 13 heavy (non-hydrogen) atoms. The summed E-state index contributed by atoms with van der Waals surface area (Å²) < 4.78 is 2.30. The minimum absolute atomic E-state index is 0.215. The van der Waals surface area contributed by atoms with E-state index in [0.29, 0.717) is 0 Å². The Morgan fingerprint density at radius 3 is 3.31 bits per heavy atom. The first kappa shape index (κ1) is 8.75. The number of nitrogens with zero attached hydrogens (tertiary/aromatic N) is 2. The SMILES string of the molecule is CCCc1ncc2n1CCCC2N. The van der Waals surface area contributed by atoms with Crippen molar-refractivity contribution in [2.75, 3.05) is 0 Å². The Kier molecular flexibility index (Phi) is 2.36. The third-order valence-electron chi connectivity index (χ3n) is 2.72. The fraction of sp³-hybridized carbons (Fsp3) is 0.700. The van der Waals surface area contributed by atoms with Gasteiger partial charge in [0, 0.05) is 19.0 Å². The van der Waals surface area contributed by atoms with Crippen LogP contribution in [0.15, 0.2) is 6.20 Å². The molecule has 72 valence electrons. The van der Waals surface area contributed by atoms with Gasteiger partial charge in [0.1, 0.15) is 5.82 Å². The maximum Gasteiger partial charge on any atom is 0.108 e. The van der Waals surface area contributed by atoms with Crippen molar-refractivity contribution < 1.29 is 0 Å². The molecule has 0 saturated heterocycles. The van der Waals surface area contributed by atoms with Gasteiger partial charge in [-0.3, -0.25) is 0 Å². The molecule has 1 aromatic heterocycles. The van der Waals surface area contributed by atoms with Crippen LogP contribution in [0.1, 0.15) is 43.7 Å². The molecule has 0 radical (unpaired) electrons. The maximum atomic E-state index is 6.00. The number of aromatic nitrogens is 2. The molecule has 0 saturated carbocycles. The van der Waals surface area contributed by atoms with Crippen molar-refractivity contribution in [1.29, 1.82) is 0 Å². The second-order valence-corrected chi connectivity index (χ2v) is 3.75. The zero-order valence-corrected chi connectivity index (χ0v) is 8.16. The van der Waals surface area contributed by atoms with Gasteiger partial charge in [-0.2, -0.15) is 0 Å². The van der Waals surface area contributed by atoms with Crippen LogP contribution in [-0.4, -0.2) is 9.55 Å². The molecule has 2 N–H and O–H groups in total. The molecule has 1 unspecified atom stereocenters. The smallest absolute Gasteiger partial charge is 0.108 e. The van der Waals surface area contributed by atoms with Crippen molar-refractivity contribution >= 4 is 0 Å². The van der Waals surface area contributed by atoms with Crippen molar-refractivity contribution in [3.8, 4) is 0 Å². The minimum atomic E-state index is 0.215. The highest BCUT2D eigenvalue weighted by atomic mass is 15.1. The van der Waals surface area contributed by atoms with Crippen LogP contribution in [0.3, 0.4) is 0 Å². The zero-order chi connectivity index (χ0) is 9.26. The first-order valence-electron chi connectivity index (χ1n) is 5.12. The van der Waals surface area contributed by atoms with Crippen LogP contribution in [0.2, 0.25) is 0 Å². The molecule has 0 spiro atoms. The largest absolute Gasteiger partial charge is 0.331 e. The van der Waals surface area contributed by atoms with Gasteiger partial charge in [0.15, 0.2) is 0 Å². The number of hydrogen-bond acceptors (Lipinski definition) is 2. The monoisotopic (exact) mass is 179 g/mol. The van der Waals surface area contributed by atoms with E-state index in [-0.39, 0.29) is 6.04 Å². The average molecular weight is 179 g/mol. The molecule has 0 amide bonds. The van der Waals surface area contributed by atoms with E-state index in [2.05, 4.69) is 16.5 Å². The van der Waals surface area contributed by atoms with E-state index in [1.165, 1.54) is 17.9 Å². The fourth-order valence-electron chi connectivity index (χ4n) is 2.02. The molecule has 0 bridgehead atoms. The van der Waals surface area contributed by atoms with Gasteiger partial charge >= 0.3 is 0 Å². The molecule has 1 atom stereocenters. The average Bonchev–Trinajstić information content (AvgIpc) is 2.51. The summed E-state index contributed by atoms with van der Waals surface area (Å²) >= 11 is 0. The molecular formula is C10H17N3. The lowest BCUT2D eigenvalue weighted by Crippen LogP contribution is -2.22. The van der Waals surface area contributed by atoms with E-state index in [1.807, 2.05) is 6.20 Å². The predicted octanol–water partition coefficient (Wildman–Crippen LogP) is 1.63. The van der Waals surface area contributed by atoms with Gasteiger partial charge in [-0.15, -0.1) is 0 Å². The highest BCUT2D eigenvalue weighted by Crippen LogP contribution is 2.24. The Morgan fingerprint density at radius 1 is 1.69 bits per heavy atom. The third kappa shape index (κ3) is 1.48. The van der Waals surface area contributed by atoms with Crippen LogP contribution < -0.4 is 5.73 Å². The number of hydrogen-bond donors (Lipinski definition) is 1. The van der Waals surface area contributed by atoms with Crippen molar-refractivity contribution in [3.05, 3.63) is 17.7 Å². The Balaban J connectivity index is 2.30. The van der Waals surface area contributed by atoms with Crippen molar-refractivity contribution in [3.63, 3.8) is 0 Å². The molecule has 3 heteroatoms. The van der Waals surface area contributed by atoms with Gasteiger partial charge in [-0.1, -0.05) is 6.92 Å². The molecule has 1 aliphatic heterocycles. The van der Waals surface area contributed by atoms with Crippen LogP contribution in [0, 0.1) is 0 Å². The Bertz CT molecular complexity index is 290.